The van der Waals surface area contributed by atoms with E-state index in [0.29, 0.717) is 6.79 Å². The maximum atomic E-state index is 5.99. The molecule has 4 heteroatoms. The molecule has 1 N–H and O–H groups in total. The average Bonchev–Trinajstić information content (AvgIpc) is 2.77. The van der Waals surface area contributed by atoms with Crippen LogP contribution in [0.2, 0.25) is 0 Å². The highest BCUT2D eigenvalue weighted by Crippen LogP contribution is 2.38. The molecule has 0 spiro atoms. The van der Waals surface area contributed by atoms with Crippen LogP contribution < -0.4 is 19.5 Å². The van der Waals surface area contributed by atoms with Crippen LogP contribution >= 0.6 is 0 Å². The van der Waals surface area contributed by atoms with Crippen LogP contribution in [0, 0.1) is 0 Å². The van der Waals surface area contributed by atoms with Crippen molar-refractivity contribution in [2.45, 2.75) is 39.3 Å². The van der Waals surface area contributed by atoms with Gasteiger partial charge >= 0.3 is 0 Å². The van der Waals surface area contributed by atoms with Crippen molar-refractivity contribution in [3.63, 3.8) is 0 Å². The molecule has 0 saturated carbocycles. The molecule has 1 aliphatic heterocycles. The lowest BCUT2D eigenvalue weighted by Gasteiger charge is -2.17. The van der Waals surface area contributed by atoms with Gasteiger partial charge in [0.15, 0.2) is 11.5 Å². The first kappa shape index (κ1) is 13.0. The average molecular weight is 251 g/mol. The van der Waals surface area contributed by atoms with Gasteiger partial charge in [-0.05, 0) is 26.5 Å². The molecule has 0 amide bonds. The second-order valence-electron chi connectivity index (χ2n) is 4.56. The third-order valence-electron chi connectivity index (χ3n) is 2.95. The lowest BCUT2D eigenvalue weighted by molar-refractivity contribution is 0.173. The predicted molar refractivity (Wildman–Crippen MR) is 70.3 cm³/mol. The van der Waals surface area contributed by atoms with Gasteiger partial charge < -0.3 is 19.5 Å². The maximum absolute atomic E-state index is 5.99. The summed E-state index contributed by atoms with van der Waals surface area (Å²) in [6, 6.07) is 3.92. The van der Waals surface area contributed by atoms with Gasteiger partial charge in [0.25, 0.3) is 0 Å². The van der Waals surface area contributed by atoms with E-state index in [1.54, 1.807) is 0 Å². The van der Waals surface area contributed by atoms with Crippen LogP contribution in [0.15, 0.2) is 12.1 Å². The predicted octanol–water partition coefficient (Wildman–Crippen LogP) is 2.70. The standard InChI is InChI=1S/C14H21NO3/c1-4-5-10(2)18-12-7-14-13(16-9-17-14)6-11(12)8-15-3/h6-7,10,15H,4-5,8-9H2,1-3H3. The Labute approximate surface area is 108 Å². The topological polar surface area (TPSA) is 39.7 Å². The second-order valence-corrected chi connectivity index (χ2v) is 4.56. The molecule has 1 aromatic carbocycles. The van der Waals surface area contributed by atoms with E-state index in [0.717, 1.165) is 42.2 Å². The Balaban J connectivity index is 2.20. The number of ether oxygens (including phenoxy) is 3. The zero-order valence-electron chi connectivity index (χ0n) is 11.3. The molecule has 100 valence electrons. The molecular weight excluding hydrogens is 230 g/mol. The molecule has 1 aliphatic rings. The van der Waals surface area contributed by atoms with Crippen molar-refractivity contribution in [1.82, 2.24) is 5.32 Å². The third-order valence-corrected chi connectivity index (χ3v) is 2.95. The Morgan fingerprint density at radius 1 is 1.33 bits per heavy atom. The Kier molecular flexibility index (Phi) is 4.31. The highest BCUT2D eigenvalue weighted by molar-refractivity contribution is 5.51. The van der Waals surface area contributed by atoms with Crippen LogP contribution in [-0.2, 0) is 6.54 Å². The van der Waals surface area contributed by atoms with E-state index in [4.69, 9.17) is 14.2 Å². The highest BCUT2D eigenvalue weighted by atomic mass is 16.7. The maximum Gasteiger partial charge on any atom is 0.231 e. The van der Waals surface area contributed by atoms with E-state index in [-0.39, 0.29) is 6.10 Å². The summed E-state index contributed by atoms with van der Waals surface area (Å²) in [5.41, 5.74) is 1.10. The fourth-order valence-electron chi connectivity index (χ4n) is 2.09. The van der Waals surface area contributed by atoms with Crippen LogP contribution in [0.4, 0.5) is 0 Å². The number of rotatable bonds is 6. The van der Waals surface area contributed by atoms with Gasteiger partial charge in [-0.2, -0.15) is 0 Å². The minimum Gasteiger partial charge on any atom is -0.490 e. The Bertz CT molecular complexity index is 406. The molecule has 0 radical (unpaired) electrons. The molecule has 1 heterocycles. The minimum absolute atomic E-state index is 0.214. The summed E-state index contributed by atoms with van der Waals surface area (Å²) < 4.78 is 16.8. The Morgan fingerprint density at radius 3 is 2.72 bits per heavy atom. The summed E-state index contributed by atoms with van der Waals surface area (Å²) >= 11 is 0. The monoisotopic (exact) mass is 251 g/mol. The van der Waals surface area contributed by atoms with Crippen molar-refractivity contribution in [3.05, 3.63) is 17.7 Å². The summed E-state index contributed by atoms with van der Waals surface area (Å²) in [7, 11) is 1.92. The van der Waals surface area contributed by atoms with Gasteiger partial charge in [0.1, 0.15) is 5.75 Å². The van der Waals surface area contributed by atoms with E-state index < -0.39 is 0 Å². The zero-order chi connectivity index (χ0) is 13.0. The van der Waals surface area contributed by atoms with Crippen molar-refractivity contribution in [1.29, 1.82) is 0 Å². The third kappa shape index (κ3) is 2.88. The summed E-state index contributed by atoms with van der Waals surface area (Å²) in [4.78, 5) is 0. The van der Waals surface area contributed by atoms with E-state index in [1.807, 2.05) is 19.2 Å². The van der Waals surface area contributed by atoms with Crippen molar-refractivity contribution in [2.75, 3.05) is 13.8 Å². The molecule has 1 aromatic rings. The van der Waals surface area contributed by atoms with Crippen LogP contribution in [0.25, 0.3) is 0 Å². The molecule has 0 aliphatic carbocycles. The highest BCUT2D eigenvalue weighted by Gasteiger charge is 2.18. The lowest BCUT2D eigenvalue weighted by Crippen LogP contribution is -2.14. The van der Waals surface area contributed by atoms with Crippen molar-refractivity contribution in [2.24, 2.45) is 0 Å². The zero-order valence-corrected chi connectivity index (χ0v) is 11.3. The van der Waals surface area contributed by atoms with Crippen molar-refractivity contribution in [3.8, 4) is 17.2 Å². The first-order valence-electron chi connectivity index (χ1n) is 6.48. The summed E-state index contributed by atoms with van der Waals surface area (Å²) in [6.45, 7) is 5.30. The normalized spacial score (nSPS) is 14.6. The van der Waals surface area contributed by atoms with Gasteiger partial charge in [-0.1, -0.05) is 13.3 Å². The number of hydrogen-bond acceptors (Lipinski definition) is 4. The van der Waals surface area contributed by atoms with Crippen molar-refractivity contribution >= 4 is 0 Å². The smallest absolute Gasteiger partial charge is 0.231 e. The first-order chi connectivity index (χ1) is 8.74. The van der Waals surface area contributed by atoms with Crippen molar-refractivity contribution < 1.29 is 14.2 Å². The van der Waals surface area contributed by atoms with E-state index in [1.165, 1.54) is 0 Å². The molecular formula is C14H21NO3. The molecule has 18 heavy (non-hydrogen) atoms. The molecule has 1 unspecified atom stereocenters. The van der Waals surface area contributed by atoms with E-state index in [9.17, 15) is 0 Å². The number of nitrogens with one attached hydrogen (secondary N) is 1. The molecule has 2 rings (SSSR count). The van der Waals surface area contributed by atoms with Gasteiger partial charge in [0, 0.05) is 18.2 Å². The summed E-state index contributed by atoms with van der Waals surface area (Å²) in [5.74, 6) is 2.46. The van der Waals surface area contributed by atoms with Gasteiger partial charge in [-0.25, -0.2) is 0 Å². The number of hydrogen-bond donors (Lipinski definition) is 1. The fourth-order valence-corrected chi connectivity index (χ4v) is 2.09. The van der Waals surface area contributed by atoms with E-state index >= 15 is 0 Å². The molecule has 0 fully saturated rings. The Morgan fingerprint density at radius 2 is 2.06 bits per heavy atom. The van der Waals surface area contributed by atoms with Crippen LogP contribution in [0.1, 0.15) is 32.3 Å². The van der Waals surface area contributed by atoms with Crippen LogP contribution in [0.3, 0.4) is 0 Å². The van der Waals surface area contributed by atoms with Crippen LogP contribution in [0.5, 0.6) is 17.2 Å². The number of fused-ring (bicyclic) bond motifs is 1. The summed E-state index contributed by atoms with van der Waals surface area (Å²) in [6.07, 6.45) is 2.38. The molecule has 0 saturated heterocycles. The van der Waals surface area contributed by atoms with Gasteiger partial charge in [-0.15, -0.1) is 0 Å². The SMILES string of the molecule is CCCC(C)Oc1cc2c(cc1CNC)OCO2. The Hall–Kier alpha value is -1.42. The first-order valence-corrected chi connectivity index (χ1v) is 6.48. The molecule has 1 atom stereocenters. The quantitative estimate of drug-likeness (QED) is 0.844. The number of benzene rings is 1. The molecule has 0 aromatic heterocycles. The molecule has 0 bridgehead atoms. The van der Waals surface area contributed by atoms with Gasteiger partial charge in [-0.3, -0.25) is 0 Å². The lowest BCUT2D eigenvalue weighted by atomic mass is 10.1. The minimum atomic E-state index is 0.214. The summed E-state index contributed by atoms with van der Waals surface area (Å²) in [5, 5.41) is 3.14. The van der Waals surface area contributed by atoms with E-state index in [2.05, 4.69) is 19.2 Å². The van der Waals surface area contributed by atoms with Gasteiger partial charge in [0.05, 0.1) is 6.10 Å². The second kappa shape index (κ2) is 5.96. The van der Waals surface area contributed by atoms with Gasteiger partial charge in [0.2, 0.25) is 6.79 Å². The molecule has 4 nitrogen and oxygen atoms in total. The fraction of sp³-hybridized carbons (Fsp3) is 0.571. The largest absolute Gasteiger partial charge is 0.490 e. The van der Waals surface area contributed by atoms with Crippen LogP contribution in [-0.4, -0.2) is 19.9 Å².